The molecule has 1 aliphatic rings. The van der Waals surface area contributed by atoms with Crippen molar-refractivity contribution in [1.82, 2.24) is 15.1 Å². The van der Waals surface area contributed by atoms with E-state index >= 15 is 0 Å². The van der Waals surface area contributed by atoms with E-state index in [2.05, 4.69) is 44.5 Å². The Bertz CT molecular complexity index is 541. The molecular weight excluding hydrogens is 278 g/mol. The van der Waals surface area contributed by atoms with E-state index in [1.807, 2.05) is 11.7 Å². The van der Waals surface area contributed by atoms with Crippen LogP contribution < -0.4 is 5.32 Å². The molecule has 3 rings (SSSR count). The molecule has 0 spiro atoms. The first-order valence-corrected chi connectivity index (χ1v) is 6.88. The minimum absolute atomic E-state index is 0.618. The summed E-state index contributed by atoms with van der Waals surface area (Å²) >= 11 is 3.58. The highest BCUT2D eigenvalue weighted by atomic mass is 79.9. The molecule has 1 fully saturated rings. The monoisotopic (exact) mass is 293 g/mol. The van der Waals surface area contributed by atoms with Crippen molar-refractivity contribution in [1.29, 1.82) is 0 Å². The normalized spacial score (nSPS) is 20.9. The first-order chi connectivity index (χ1) is 8.27. The topological polar surface area (TPSA) is 29.9 Å². The SMILES string of the molecule is Cn1nc(Br)c2c(C3CCCNC3)cccc21. The molecule has 3 nitrogen and oxygen atoms in total. The quantitative estimate of drug-likeness (QED) is 0.876. The number of rotatable bonds is 1. The zero-order valence-electron chi connectivity index (χ0n) is 9.91. The van der Waals surface area contributed by atoms with Gasteiger partial charge in [0.1, 0.15) is 4.60 Å². The Kier molecular flexibility index (Phi) is 2.92. The van der Waals surface area contributed by atoms with Crippen molar-refractivity contribution in [2.45, 2.75) is 18.8 Å². The van der Waals surface area contributed by atoms with Gasteiger partial charge in [-0.2, -0.15) is 5.10 Å². The van der Waals surface area contributed by atoms with Crippen LogP contribution >= 0.6 is 15.9 Å². The van der Waals surface area contributed by atoms with E-state index in [1.165, 1.54) is 29.3 Å². The third kappa shape index (κ3) is 1.89. The van der Waals surface area contributed by atoms with E-state index < -0.39 is 0 Å². The first kappa shape index (κ1) is 11.2. The number of hydrogen-bond acceptors (Lipinski definition) is 2. The fourth-order valence-electron chi connectivity index (χ4n) is 2.74. The van der Waals surface area contributed by atoms with E-state index in [4.69, 9.17) is 0 Å². The number of aromatic nitrogens is 2. The lowest BCUT2D eigenvalue weighted by Crippen LogP contribution is -2.28. The maximum Gasteiger partial charge on any atom is 0.136 e. The summed E-state index contributed by atoms with van der Waals surface area (Å²) in [4.78, 5) is 0. The predicted octanol–water partition coefficient (Wildman–Crippen LogP) is 2.80. The molecule has 17 heavy (non-hydrogen) atoms. The molecule has 0 aliphatic carbocycles. The number of hydrogen-bond donors (Lipinski definition) is 1. The lowest BCUT2D eigenvalue weighted by molar-refractivity contribution is 0.463. The van der Waals surface area contributed by atoms with Crippen LogP contribution in [0.5, 0.6) is 0 Å². The summed E-state index contributed by atoms with van der Waals surface area (Å²) in [6.45, 7) is 2.24. The van der Waals surface area contributed by atoms with Crippen LogP contribution in [0, 0.1) is 0 Å². The summed E-state index contributed by atoms with van der Waals surface area (Å²) in [6.07, 6.45) is 2.53. The Morgan fingerprint density at radius 2 is 2.35 bits per heavy atom. The van der Waals surface area contributed by atoms with Crippen LogP contribution in [0.3, 0.4) is 0 Å². The summed E-state index contributed by atoms with van der Waals surface area (Å²) in [5, 5.41) is 9.22. The van der Waals surface area contributed by atoms with Crippen LogP contribution in [0.25, 0.3) is 10.9 Å². The Hall–Kier alpha value is -0.870. The Morgan fingerprint density at radius 3 is 3.12 bits per heavy atom. The molecule has 1 unspecified atom stereocenters. The number of halogens is 1. The maximum atomic E-state index is 4.46. The van der Waals surface area contributed by atoms with Crippen LogP contribution in [-0.2, 0) is 7.05 Å². The molecule has 1 N–H and O–H groups in total. The van der Waals surface area contributed by atoms with Gasteiger partial charge in [0.05, 0.1) is 5.52 Å². The van der Waals surface area contributed by atoms with Crippen molar-refractivity contribution >= 4 is 26.8 Å². The molecule has 0 radical (unpaired) electrons. The molecule has 1 saturated heterocycles. The molecule has 1 aliphatic heterocycles. The lowest BCUT2D eigenvalue weighted by Gasteiger charge is -2.23. The molecule has 2 aromatic rings. The van der Waals surface area contributed by atoms with E-state index in [1.54, 1.807) is 0 Å². The summed E-state index contributed by atoms with van der Waals surface area (Å²) in [6, 6.07) is 6.51. The molecule has 1 atom stereocenters. The zero-order valence-corrected chi connectivity index (χ0v) is 11.5. The van der Waals surface area contributed by atoms with Crippen molar-refractivity contribution < 1.29 is 0 Å². The highest BCUT2D eigenvalue weighted by molar-refractivity contribution is 9.10. The smallest absolute Gasteiger partial charge is 0.136 e. The lowest BCUT2D eigenvalue weighted by atomic mass is 9.90. The van der Waals surface area contributed by atoms with Crippen LogP contribution in [0.1, 0.15) is 24.3 Å². The standard InChI is InChI=1S/C13H16BrN3/c1-17-11-6-2-5-10(12(11)13(14)16-17)9-4-3-7-15-8-9/h2,5-6,9,15H,3-4,7-8H2,1H3. The van der Waals surface area contributed by atoms with Crippen molar-refractivity contribution in [3.63, 3.8) is 0 Å². The number of nitrogens with zero attached hydrogens (tertiary/aromatic N) is 2. The van der Waals surface area contributed by atoms with Gasteiger partial charge in [-0.25, -0.2) is 0 Å². The Balaban J connectivity index is 2.15. The Morgan fingerprint density at radius 1 is 1.47 bits per heavy atom. The molecule has 2 heterocycles. The number of piperidine rings is 1. The van der Waals surface area contributed by atoms with Gasteiger partial charge in [-0.15, -0.1) is 0 Å². The summed E-state index contributed by atoms with van der Waals surface area (Å²) in [5.41, 5.74) is 2.63. The van der Waals surface area contributed by atoms with Gasteiger partial charge in [0, 0.05) is 19.0 Å². The largest absolute Gasteiger partial charge is 0.316 e. The van der Waals surface area contributed by atoms with Gasteiger partial charge >= 0.3 is 0 Å². The molecule has 1 aromatic carbocycles. The van der Waals surface area contributed by atoms with Crippen LogP contribution in [0.15, 0.2) is 22.8 Å². The summed E-state index contributed by atoms with van der Waals surface area (Å²) in [5.74, 6) is 0.618. The second kappa shape index (κ2) is 4.42. The second-order valence-corrected chi connectivity index (χ2v) is 5.45. The summed E-state index contributed by atoms with van der Waals surface area (Å²) < 4.78 is 2.91. The molecule has 0 saturated carbocycles. The number of aryl methyl sites for hydroxylation is 1. The van der Waals surface area contributed by atoms with Crippen molar-refractivity contribution in [3.05, 3.63) is 28.4 Å². The summed E-state index contributed by atoms with van der Waals surface area (Å²) in [7, 11) is 2.00. The molecule has 4 heteroatoms. The number of nitrogens with one attached hydrogen (secondary N) is 1. The first-order valence-electron chi connectivity index (χ1n) is 6.09. The van der Waals surface area contributed by atoms with Crippen molar-refractivity contribution in [2.24, 2.45) is 7.05 Å². The van der Waals surface area contributed by atoms with Gasteiger partial charge in [-0.1, -0.05) is 12.1 Å². The molecule has 0 amide bonds. The highest BCUT2D eigenvalue weighted by Crippen LogP contribution is 2.33. The van der Waals surface area contributed by atoms with Gasteiger partial charge in [0.25, 0.3) is 0 Å². The third-order valence-corrected chi connectivity index (χ3v) is 4.16. The average molecular weight is 294 g/mol. The molecule has 0 bridgehead atoms. The number of fused-ring (bicyclic) bond motifs is 1. The zero-order chi connectivity index (χ0) is 11.8. The molecule has 90 valence electrons. The van der Waals surface area contributed by atoms with Gasteiger partial charge in [-0.3, -0.25) is 4.68 Å². The minimum Gasteiger partial charge on any atom is -0.316 e. The third-order valence-electron chi connectivity index (χ3n) is 3.60. The van der Waals surface area contributed by atoms with Crippen molar-refractivity contribution in [2.75, 3.05) is 13.1 Å². The highest BCUT2D eigenvalue weighted by Gasteiger charge is 2.20. The molecular formula is C13H16BrN3. The average Bonchev–Trinajstić information content (AvgIpc) is 2.66. The van der Waals surface area contributed by atoms with E-state index in [0.29, 0.717) is 5.92 Å². The fraction of sp³-hybridized carbons (Fsp3) is 0.462. The van der Waals surface area contributed by atoms with E-state index in [9.17, 15) is 0 Å². The van der Waals surface area contributed by atoms with Crippen molar-refractivity contribution in [3.8, 4) is 0 Å². The van der Waals surface area contributed by atoms with Crippen LogP contribution in [0.4, 0.5) is 0 Å². The van der Waals surface area contributed by atoms with Gasteiger partial charge in [-0.05, 0) is 52.9 Å². The number of benzene rings is 1. The van der Waals surface area contributed by atoms with Gasteiger partial charge in [0.15, 0.2) is 0 Å². The molecule has 1 aromatic heterocycles. The van der Waals surface area contributed by atoms with Crippen LogP contribution in [-0.4, -0.2) is 22.9 Å². The van der Waals surface area contributed by atoms with Gasteiger partial charge in [0.2, 0.25) is 0 Å². The van der Waals surface area contributed by atoms with Gasteiger partial charge < -0.3 is 5.32 Å². The fourth-order valence-corrected chi connectivity index (χ4v) is 3.41. The second-order valence-electron chi connectivity index (χ2n) is 4.70. The minimum atomic E-state index is 0.618. The maximum absolute atomic E-state index is 4.46. The van der Waals surface area contributed by atoms with E-state index in [0.717, 1.165) is 17.7 Å². The van der Waals surface area contributed by atoms with E-state index in [-0.39, 0.29) is 0 Å². The predicted molar refractivity (Wildman–Crippen MR) is 73.3 cm³/mol. The Labute approximate surface area is 109 Å². The van der Waals surface area contributed by atoms with Crippen LogP contribution in [0.2, 0.25) is 0 Å².